The van der Waals surface area contributed by atoms with Gasteiger partial charge in [0.2, 0.25) is 0 Å². The molecular weight excluding hydrogens is 244 g/mol. The third kappa shape index (κ3) is 1.84. The van der Waals surface area contributed by atoms with E-state index in [1.165, 1.54) is 12.4 Å². The fourth-order valence-electron chi connectivity index (χ4n) is 1.58. The van der Waals surface area contributed by atoms with Gasteiger partial charge in [0, 0.05) is 0 Å². The number of fused-ring (bicyclic) bond motifs is 1. The molecule has 2 rings (SSSR count). The normalized spacial score (nSPS) is 12.9. The molecule has 6 nitrogen and oxygen atoms in total. The van der Waals surface area contributed by atoms with Crippen molar-refractivity contribution in [3.63, 3.8) is 0 Å². The first kappa shape index (κ1) is 11.8. The van der Waals surface area contributed by atoms with E-state index >= 15 is 0 Å². The Kier molecular flexibility index (Phi) is 2.97. The summed E-state index contributed by atoms with van der Waals surface area (Å²) in [6, 6.07) is 0.178. The zero-order chi connectivity index (χ0) is 12.6. The Bertz CT molecular complexity index is 581. The number of hydrogen-bond acceptors (Lipinski definition) is 4. The number of nitro groups is 1. The van der Waals surface area contributed by atoms with Crippen LogP contribution in [0, 0.1) is 10.1 Å². The Morgan fingerprint density at radius 2 is 2.29 bits per heavy atom. The van der Waals surface area contributed by atoms with E-state index in [-0.39, 0.29) is 16.8 Å². The van der Waals surface area contributed by atoms with E-state index in [1.54, 1.807) is 4.68 Å². The Morgan fingerprint density at radius 3 is 2.88 bits per heavy atom. The molecule has 2 aromatic rings. The van der Waals surface area contributed by atoms with Crippen LogP contribution in [0.3, 0.4) is 0 Å². The van der Waals surface area contributed by atoms with Crippen molar-refractivity contribution in [1.82, 2.24) is 14.8 Å². The molecule has 0 N–H and O–H groups in total. The lowest BCUT2D eigenvalue weighted by Gasteiger charge is -2.09. The van der Waals surface area contributed by atoms with Gasteiger partial charge >= 0.3 is 5.69 Å². The van der Waals surface area contributed by atoms with Crippen LogP contribution >= 0.6 is 11.6 Å². The van der Waals surface area contributed by atoms with Crippen LogP contribution in [0.25, 0.3) is 11.0 Å². The second kappa shape index (κ2) is 4.29. The summed E-state index contributed by atoms with van der Waals surface area (Å²) >= 11 is 5.96. The van der Waals surface area contributed by atoms with E-state index in [4.69, 9.17) is 11.6 Å². The van der Waals surface area contributed by atoms with E-state index in [2.05, 4.69) is 10.1 Å². The maximum atomic E-state index is 10.7. The number of halogens is 1. The van der Waals surface area contributed by atoms with E-state index in [0.29, 0.717) is 11.0 Å². The van der Waals surface area contributed by atoms with Gasteiger partial charge in [-0.2, -0.15) is 5.10 Å². The minimum atomic E-state index is -0.546. The summed E-state index contributed by atoms with van der Waals surface area (Å²) in [4.78, 5) is 14.2. The molecule has 0 fully saturated rings. The van der Waals surface area contributed by atoms with Crippen LogP contribution in [0.15, 0.2) is 12.4 Å². The third-order valence-electron chi connectivity index (χ3n) is 2.74. The fourth-order valence-corrected chi connectivity index (χ4v) is 1.83. The fraction of sp³-hybridized carbons (Fsp3) is 0.400. The van der Waals surface area contributed by atoms with Crippen LogP contribution < -0.4 is 0 Å². The van der Waals surface area contributed by atoms with Crippen LogP contribution in [0.2, 0.25) is 5.02 Å². The van der Waals surface area contributed by atoms with Crippen molar-refractivity contribution in [3.05, 3.63) is 27.5 Å². The molecule has 0 aliphatic rings. The van der Waals surface area contributed by atoms with Crippen LogP contribution in [-0.4, -0.2) is 19.7 Å². The van der Waals surface area contributed by atoms with Crippen LogP contribution in [0.4, 0.5) is 5.69 Å². The van der Waals surface area contributed by atoms with Crippen molar-refractivity contribution in [1.29, 1.82) is 0 Å². The minimum Gasteiger partial charge on any atom is -0.258 e. The molecule has 0 amide bonds. The highest BCUT2D eigenvalue weighted by Crippen LogP contribution is 2.31. The van der Waals surface area contributed by atoms with Crippen molar-refractivity contribution in [2.75, 3.05) is 0 Å². The van der Waals surface area contributed by atoms with E-state index < -0.39 is 4.92 Å². The van der Waals surface area contributed by atoms with Gasteiger partial charge in [-0.3, -0.25) is 10.1 Å². The lowest BCUT2D eigenvalue weighted by Crippen LogP contribution is -2.06. The molecule has 0 aliphatic heterocycles. The van der Waals surface area contributed by atoms with Crippen molar-refractivity contribution >= 4 is 28.3 Å². The Balaban J connectivity index is 2.66. The lowest BCUT2D eigenvalue weighted by molar-refractivity contribution is -0.384. The standard InChI is InChI=1S/C10H11ClN4O2/c1-3-6(2)14-10-7(4-13-14)9(11)8(5-12-10)15(16)17/h4-6H,3H2,1-2H3/t6-/m1/s1. The molecule has 90 valence electrons. The first-order chi connectivity index (χ1) is 8.06. The molecule has 7 heteroatoms. The van der Waals surface area contributed by atoms with E-state index in [1.807, 2.05) is 13.8 Å². The molecule has 0 aromatic carbocycles. The van der Waals surface area contributed by atoms with Crippen LogP contribution in [0.5, 0.6) is 0 Å². The Morgan fingerprint density at radius 1 is 1.59 bits per heavy atom. The first-order valence-electron chi connectivity index (χ1n) is 5.22. The molecule has 0 saturated heterocycles. The summed E-state index contributed by atoms with van der Waals surface area (Å²) in [5.41, 5.74) is 0.387. The average molecular weight is 255 g/mol. The van der Waals surface area contributed by atoms with Crippen LogP contribution in [0.1, 0.15) is 26.3 Å². The van der Waals surface area contributed by atoms with Crippen molar-refractivity contribution in [2.45, 2.75) is 26.3 Å². The van der Waals surface area contributed by atoms with Crippen LogP contribution in [-0.2, 0) is 0 Å². The molecule has 0 radical (unpaired) electrons. The van der Waals surface area contributed by atoms with Gasteiger partial charge in [0.25, 0.3) is 0 Å². The number of aromatic nitrogens is 3. The van der Waals surface area contributed by atoms with Gasteiger partial charge < -0.3 is 0 Å². The molecule has 0 unspecified atom stereocenters. The van der Waals surface area contributed by atoms with Gasteiger partial charge in [-0.25, -0.2) is 9.67 Å². The average Bonchev–Trinajstić information content (AvgIpc) is 2.72. The quantitative estimate of drug-likeness (QED) is 0.623. The summed E-state index contributed by atoms with van der Waals surface area (Å²) in [7, 11) is 0. The summed E-state index contributed by atoms with van der Waals surface area (Å²) in [5, 5.41) is 15.5. The van der Waals surface area contributed by atoms with Gasteiger partial charge in [-0.1, -0.05) is 18.5 Å². The number of pyridine rings is 1. The lowest BCUT2D eigenvalue weighted by atomic mass is 10.2. The smallest absolute Gasteiger partial charge is 0.258 e. The topological polar surface area (TPSA) is 73.8 Å². The monoisotopic (exact) mass is 254 g/mol. The Hall–Kier alpha value is -1.69. The SMILES string of the molecule is CC[C@@H](C)n1ncc2c(Cl)c([N+](=O)[O-])cnc21. The Labute approximate surface area is 102 Å². The first-order valence-corrected chi connectivity index (χ1v) is 5.60. The summed E-state index contributed by atoms with van der Waals surface area (Å²) in [6.45, 7) is 4.04. The molecular formula is C10H11ClN4O2. The van der Waals surface area contributed by atoms with Crippen molar-refractivity contribution < 1.29 is 4.92 Å². The number of hydrogen-bond donors (Lipinski definition) is 0. The predicted octanol–water partition coefficient (Wildman–Crippen LogP) is 2.96. The molecule has 1 atom stereocenters. The molecule has 2 aromatic heterocycles. The van der Waals surface area contributed by atoms with E-state index in [0.717, 1.165) is 6.42 Å². The highest BCUT2D eigenvalue weighted by atomic mass is 35.5. The molecule has 0 saturated carbocycles. The van der Waals surface area contributed by atoms with Gasteiger partial charge in [-0.15, -0.1) is 0 Å². The molecule has 0 bridgehead atoms. The molecule has 2 heterocycles. The number of nitrogens with zero attached hydrogens (tertiary/aromatic N) is 4. The molecule has 0 aliphatic carbocycles. The third-order valence-corrected chi connectivity index (χ3v) is 3.14. The second-order valence-corrected chi connectivity index (χ2v) is 4.18. The highest BCUT2D eigenvalue weighted by molar-refractivity contribution is 6.37. The summed E-state index contributed by atoms with van der Waals surface area (Å²) in [6.07, 6.45) is 3.59. The number of rotatable bonds is 3. The van der Waals surface area contributed by atoms with Gasteiger partial charge in [0.15, 0.2) is 5.65 Å². The van der Waals surface area contributed by atoms with Crippen molar-refractivity contribution in [2.24, 2.45) is 0 Å². The zero-order valence-electron chi connectivity index (χ0n) is 9.42. The maximum Gasteiger partial charge on any atom is 0.306 e. The second-order valence-electron chi connectivity index (χ2n) is 3.80. The maximum absolute atomic E-state index is 10.7. The molecule has 17 heavy (non-hydrogen) atoms. The zero-order valence-corrected chi connectivity index (χ0v) is 10.2. The van der Waals surface area contributed by atoms with Gasteiger partial charge in [0.1, 0.15) is 11.2 Å². The minimum absolute atomic E-state index is 0.0922. The summed E-state index contributed by atoms with van der Waals surface area (Å²) < 4.78 is 1.73. The molecule has 0 spiro atoms. The largest absolute Gasteiger partial charge is 0.306 e. The van der Waals surface area contributed by atoms with Crippen molar-refractivity contribution in [3.8, 4) is 0 Å². The van der Waals surface area contributed by atoms with Gasteiger partial charge in [-0.05, 0) is 13.3 Å². The summed E-state index contributed by atoms with van der Waals surface area (Å²) in [5.74, 6) is 0. The predicted molar refractivity (Wildman–Crippen MR) is 64.2 cm³/mol. The van der Waals surface area contributed by atoms with Gasteiger partial charge in [0.05, 0.1) is 22.5 Å². The van der Waals surface area contributed by atoms with E-state index in [9.17, 15) is 10.1 Å². The highest BCUT2D eigenvalue weighted by Gasteiger charge is 2.20.